The van der Waals surface area contributed by atoms with Gasteiger partial charge in [-0.3, -0.25) is 0 Å². The first-order valence-electron chi connectivity index (χ1n) is 4.97. The van der Waals surface area contributed by atoms with Crippen molar-refractivity contribution in [1.29, 1.82) is 0 Å². The third-order valence-corrected chi connectivity index (χ3v) is 3.11. The Morgan fingerprint density at radius 2 is 2.25 bits per heavy atom. The fourth-order valence-corrected chi connectivity index (χ4v) is 1.85. The number of terminal acetylenes is 1. The average Bonchev–Trinajstić information content (AvgIpc) is 2.02. The van der Waals surface area contributed by atoms with Crippen LogP contribution in [0.3, 0.4) is 0 Å². The summed E-state index contributed by atoms with van der Waals surface area (Å²) in [6, 6.07) is 0. The van der Waals surface area contributed by atoms with Crippen LogP contribution in [-0.4, -0.2) is 13.1 Å². The van der Waals surface area contributed by atoms with E-state index < -0.39 is 0 Å². The maximum absolute atomic E-state index is 5.17. The summed E-state index contributed by atoms with van der Waals surface area (Å²) in [6.07, 6.45) is 11.6. The maximum Gasteiger partial charge on any atom is 0.0211 e. The molecule has 0 aromatic rings. The highest BCUT2D eigenvalue weighted by molar-refractivity contribution is 4.89. The van der Waals surface area contributed by atoms with Gasteiger partial charge in [-0.15, -0.1) is 12.3 Å². The smallest absolute Gasteiger partial charge is 0.0211 e. The molecule has 1 heteroatoms. The van der Waals surface area contributed by atoms with Crippen LogP contribution in [0, 0.1) is 17.8 Å². The maximum atomic E-state index is 5.17. The van der Waals surface area contributed by atoms with Crippen molar-refractivity contribution >= 4 is 0 Å². The average molecular weight is 165 g/mol. The van der Waals surface area contributed by atoms with Crippen LogP contribution in [0.15, 0.2) is 0 Å². The van der Waals surface area contributed by atoms with Crippen molar-refractivity contribution in [2.24, 2.45) is 5.41 Å². The van der Waals surface area contributed by atoms with E-state index in [2.05, 4.69) is 18.2 Å². The van der Waals surface area contributed by atoms with Crippen LogP contribution in [-0.2, 0) is 0 Å². The molecule has 1 aliphatic rings. The van der Waals surface area contributed by atoms with Gasteiger partial charge in [-0.2, -0.15) is 0 Å². The van der Waals surface area contributed by atoms with Crippen LogP contribution in [0.1, 0.15) is 39.0 Å². The Hall–Kier alpha value is -0.480. The van der Waals surface area contributed by atoms with Crippen LogP contribution >= 0.6 is 0 Å². The number of hydrogen-bond acceptors (Lipinski definition) is 1. The second kappa shape index (κ2) is 4.52. The molecular formula is C11H19N. The van der Waals surface area contributed by atoms with Gasteiger partial charge in [-0.1, -0.05) is 13.3 Å². The van der Waals surface area contributed by atoms with E-state index in [9.17, 15) is 0 Å². The van der Waals surface area contributed by atoms with Gasteiger partial charge in [-0.05, 0) is 24.7 Å². The summed E-state index contributed by atoms with van der Waals surface area (Å²) in [5.41, 5.74) is 0.634. The van der Waals surface area contributed by atoms with E-state index in [4.69, 9.17) is 6.42 Å². The lowest BCUT2D eigenvalue weighted by Crippen LogP contribution is -2.39. The van der Waals surface area contributed by atoms with E-state index in [1.807, 2.05) is 0 Å². The van der Waals surface area contributed by atoms with Gasteiger partial charge in [-0.25, -0.2) is 0 Å². The molecule has 1 N–H and O–H groups in total. The summed E-state index contributed by atoms with van der Waals surface area (Å²) < 4.78 is 0. The Balaban J connectivity index is 2.09. The normalized spacial score (nSPS) is 19.7. The Kier molecular flexibility index (Phi) is 3.62. The Labute approximate surface area is 75.9 Å². The first-order chi connectivity index (χ1) is 5.83. The van der Waals surface area contributed by atoms with E-state index in [0.717, 1.165) is 13.0 Å². The summed E-state index contributed by atoms with van der Waals surface area (Å²) in [6.45, 7) is 4.45. The minimum Gasteiger partial charge on any atom is -0.315 e. The van der Waals surface area contributed by atoms with E-state index in [1.165, 1.54) is 32.2 Å². The van der Waals surface area contributed by atoms with Crippen molar-refractivity contribution in [2.75, 3.05) is 13.1 Å². The summed E-state index contributed by atoms with van der Waals surface area (Å²) >= 11 is 0. The second-order valence-corrected chi connectivity index (χ2v) is 3.84. The fourth-order valence-electron chi connectivity index (χ4n) is 1.85. The highest BCUT2D eigenvalue weighted by Crippen LogP contribution is 2.42. The zero-order valence-corrected chi connectivity index (χ0v) is 8.03. The van der Waals surface area contributed by atoms with Gasteiger partial charge in [0, 0.05) is 19.5 Å². The second-order valence-electron chi connectivity index (χ2n) is 3.84. The van der Waals surface area contributed by atoms with Crippen LogP contribution in [0.2, 0.25) is 0 Å². The monoisotopic (exact) mass is 165 g/mol. The zero-order chi connectivity index (χ0) is 8.86. The van der Waals surface area contributed by atoms with Gasteiger partial charge in [0.05, 0.1) is 0 Å². The standard InChI is InChI=1S/C11H19N/c1-3-5-9-12-10-11(4-2)7-6-8-11/h1,12H,4-10H2,2H3. The lowest BCUT2D eigenvalue weighted by atomic mass is 9.67. The van der Waals surface area contributed by atoms with Gasteiger partial charge in [0.25, 0.3) is 0 Å². The van der Waals surface area contributed by atoms with Gasteiger partial charge >= 0.3 is 0 Å². The third kappa shape index (κ3) is 2.25. The third-order valence-electron chi connectivity index (χ3n) is 3.11. The Morgan fingerprint density at radius 1 is 1.50 bits per heavy atom. The minimum absolute atomic E-state index is 0.634. The minimum atomic E-state index is 0.634. The van der Waals surface area contributed by atoms with Crippen molar-refractivity contribution in [3.8, 4) is 12.3 Å². The zero-order valence-electron chi connectivity index (χ0n) is 8.03. The SMILES string of the molecule is C#CCCNCC1(CC)CCC1. The molecule has 0 aromatic heterocycles. The van der Waals surface area contributed by atoms with Crippen LogP contribution in [0.5, 0.6) is 0 Å². The van der Waals surface area contributed by atoms with Crippen molar-refractivity contribution in [1.82, 2.24) is 5.32 Å². The molecule has 12 heavy (non-hydrogen) atoms. The molecule has 0 bridgehead atoms. The highest BCUT2D eigenvalue weighted by atomic mass is 14.9. The summed E-state index contributed by atoms with van der Waals surface area (Å²) in [5, 5.41) is 3.44. The molecule has 0 atom stereocenters. The predicted molar refractivity (Wildman–Crippen MR) is 52.9 cm³/mol. The topological polar surface area (TPSA) is 12.0 Å². The summed E-state index contributed by atoms with van der Waals surface area (Å²) in [4.78, 5) is 0. The molecule has 0 amide bonds. The predicted octanol–water partition coefficient (Wildman–Crippen LogP) is 2.18. The largest absolute Gasteiger partial charge is 0.315 e. The lowest BCUT2D eigenvalue weighted by molar-refractivity contribution is 0.125. The molecule has 1 aliphatic carbocycles. The number of nitrogens with one attached hydrogen (secondary N) is 1. The Bertz CT molecular complexity index is 157. The molecule has 0 saturated heterocycles. The molecule has 0 aliphatic heterocycles. The van der Waals surface area contributed by atoms with Gasteiger partial charge in [0.2, 0.25) is 0 Å². The quantitative estimate of drug-likeness (QED) is 0.486. The molecule has 68 valence electrons. The molecule has 0 heterocycles. The van der Waals surface area contributed by atoms with Crippen molar-refractivity contribution < 1.29 is 0 Å². The molecule has 1 nitrogen and oxygen atoms in total. The van der Waals surface area contributed by atoms with E-state index in [1.54, 1.807) is 0 Å². The van der Waals surface area contributed by atoms with Crippen LogP contribution in [0.25, 0.3) is 0 Å². The molecule has 0 unspecified atom stereocenters. The van der Waals surface area contributed by atoms with Crippen LogP contribution in [0.4, 0.5) is 0 Å². The summed E-state index contributed by atoms with van der Waals surface area (Å²) in [7, 11) is 0. The van der Waals surface area contributed by atoms with Crippen molar-refractivity contribution in [2.45, 2.75) is 39.0 Å². The number of rotatable bonds is 5. The van der Waals surface area contributed by atoms with Gasteiger partial charge < -0.3 is 5.32 Å². The molecule has 1 rings (SSSR count). The Morgan fingerprint density at radius 3 is 2.67 bits per heavy atom. The molecule has 0 spiro atoms. The van der Waals surface area contributed by atoms with E-state index in [-0.39, 0.29) is 0 Å². The van der Waals surface area contributed by atoms with E-state index in [0.29, 0.717) is 5.41 Å². The summed E-state index contributed by atoms with van der Waals surface area (Å²) in [5.74, 6) is 2.65. The molecule has 0 aromatic carbocycles. The van der Waals surface area contributed by atoms with Crippen molar-refractivity contribution in [3.63, 3.8) is 0 Å². The van der Waals surface area contributed by atoms with Crippen LogP contribution < -0.4 is 5.32 Å². The lowest BCUT2D eigenvalue weighted by Gasteiger charge is -2.41. The van der Waals surface area contributed by atoms with Gasteiger partial charge in [0.1, 0.15) is 0 Å². The molecular weight excluding hydrogens is 146 g/mol. The molecule has 0 radical (unpaired) electrons. The first kappa shape index (κ1) is 9.61. The van der Waals surface area contributed by atoms with Gasteiger partial charge in [0.15, 0.2) is 0 Å². The highest BCUT2D eigenvalue weighted by Gasteiger charge is 2.34. The fraction of sp³-hybridized carbons (Fsp3) is 0.818. The molecule has 1 fully saturated rings. The van der Waals surface area contributed by atoms with E-state index >= 15 is 0 Å². The van der Waals surface area contributed by atoms with Crippen molar-refractivity contribution in [3.05, 3.63) is 0 Å². The molecule has 1 saturated carbocycles. The first-order valence-corrected chi connectivity index (χ1v) is 4.97. The number of hydrogen-bond donors (Lipinski definition) is 1.